The predicted octanol–water partition coefficient (Wildman–Crippen LogP) is 3.78. The Hall–Kier alpha value is -4.46. The SMILES string of the molecule is COc1ccc(-c2nn(-c3ccccc3)cc2C(=O)NCCNC(=O)Cc2cccc(F)c2)cc1. The van der Waals surface area contributed by atoms with Gasteiger partial charge in [0, 0.05) is 24.8 Å². The summed E-state index contributed by atoms with van der Waals surface area (Å²) in [6.45, 7) is 0.469. The van der Waals surface area contributed by atoms with E-state index in [1.54, 1.807) is 30.1 Å². The van der Waals surface area contributed by atoms with Crippen LogP contribution in [0.4, 0.5) is 4.39 Å². The highest BCUT2D eigenvalue weighted by Gasteiger charge is 2.18. The Morgan fingerprint density at radius 1 is 0.943 bits per heavy atom. The Bertz CT molecular complexity index is 1300. The van der Waals surface area contributed by atoms with Gasteiger partial charge in [0.05, 0.1) is 24.8 Å². The van der Waals surface area contributed by atoms with Gasteiger partial charge in [0.25, 0.3) is 5.91 Å². The van der Waals surface area contributed by atoms with Crippen LogP contribution in [0.25, 0.3) is 16.9 Å². The molecule has 3 aromatic carbocycles. The molecule has 0 aliphatic heterocycles. The largest absolute Gasteiger partial charge is 0.497 e. The molecule has 0 aliphatic carbocycles. The summed E-state index contributed by atoms with van der Waals surface area (Å²) >= 11 is 0. The van der Waals surface area contributed by atoms with Gasteiger partial charge in [-0.1, -0.05) is 30.3 Å². The topological polar surface area (TPSA) is 85.2 Å². The third-order valence-electron chi connectivity index (χ3n) is 5.33. The number of nitrogens with zero attached hydrogens (tertiary/aromatic N) is 2. The van der Waals surface area contributed by atoms with Gasteiger partial charge in [-0.25, -0.2) is 9.07 Å². The van der Waals surface area contributed by atoms with Gasteiger partial charge >= 0.3 is 0 Å². The lowest BCUT2D eigenvalue weighted by atomic mass is 10.1. The average molecular weight is 473 g/mol. The summed E-state index contributed by atoms with van der Waals surface area (Å²) in [5.74, 6) is -0.236. The van der Waals surface area contributed by atoms with E-state index in [-0.39, 0.29) is 37.1 Å². The smallest absolute Gasteiger partial charge is 0.255 e. The highest BCUT2D eigenvalue weighted by molar-refractivity contribution is 6.00. The van der Waals surface area contributed by atoms with Crippen molar-refractivity contribution < 1.29 is 18.7 Å². The molecule has 4 aromatic rings. The van der Waals surface area contributed by atoms with E-state index in [2.05, 4.69) is 15.7 Å². The maximum Gasteiger partial charge on any atom is 0.255 e. The minimum Gasteiger partial charge on any atom is -0.497 e. The number of nitrogens with one attached hydrogen (secondary N) is 2. The van der Waals surface area contributed by atoms with Crippen LogP contribution in [0.5, 0.6) is 5.75 Å². The van der Waals surface area contributed by atoms with Gasteiger partial charge in [-0.15, -0.1) is 0 Å². The number of aromatic nitrogens is 2. The molecule has 2 amide bonds. The second-order valence-electron chi connectivity index (χ2n) is 7.81. The Kier molecular flexibility index (Phi) is 7.52. The highest BCUT2D eigenvalue weighted by atomic mass is 19.1. The van der Waals surface area contributed by atoms with E-state index in [0.717, 1.165) is 11.3 Å². The Balaban J connectivity index is 1.43. The maximum absolute atomic E-state index is 13.3. The van der Waals surface area contributed by atoms with Crippen molar-refractivity contribution in [2.45, 2.75) is 6.42 Å². The molecule has 7 nitrogen and oxygen atoms in total. The van der Waals surface area contributed by atoms with Crippen molar-refractivity contribution in [1.82, 2.24) is 20.4 Å². The van der Waals surface area contributed by atoms with Crippen LogP contribution in [0, 0.1) is 5.82 Å². The van der Waals surface area contributed by atoms with Gasteiger partial charge in [-0.3, -0.25) is 9.59 Å². The maximum atomic E-state index is 13.3. The lowest BCUT2D eigenvalue weighted by Gasteiger charge is -2.08. The summed E-state index contributed by atoms with van der Waals surface area (Å²) in [7, 11) is 1.59. The van der Waals surface area contributed by atoms with Crippen LogP contribution in [-0.2, 0) is 11.2 Å². The molecule has 0 atom stereocenters. The monoisotopic (exact) mass is 472 g/mol. The van der Waals surface area contributed by atoms with Crippen LogP contribution >= 0.6 is 0 Å². The Labute approximate surface area is 202 Å². The zero-order valence-electron chi connectivity index (χ0n) is 19.2. The number of hydrogen-bond acceptors (Lipinski definition) is 4. The molecule has 0 radical (unpaired) electrons. The molecule has 2 N–H and O–H groups in total. The van der Waals surface area contributed by atoms with Crippen molar-refractivity contribution >= 4 is 11.8 Å². The summed E-state index contributed by atoms with van der Waals surface area (Å²) in [6.07, 6.45) is 1.75. The molecule has 0 spiro atoms. The van der Waals surface area contributed by atoms with Crippen molar-refractivity contribution in [3.63, 3.8) is 0 Å². The number of rotatable bonds is 9. The molecule has 0 saturated heterocycles. The number of hydrogen-bond donors (Lipinski definition) is 2. The minimum absolute atomic E-state index is 0.0666. The zero-order chi connectivity index (χ0) is 24.6. The molecule has 35 heavy (non-hydrogen) atoms. The first-order chi connectivity index (χ1) is 17.0. The van der Waals surface area contributed by atoms with Crippen LogP contribution in [0.2, 0.25) is 0 Å². The fourth-order valence-electron chi connectivity index (χ4n) is 3.58. The first kappa shape index (κ1) is 23.7. The molecule has 178 valence electrons. The van der Waals surface area contributed by atoms with Crippen LogP contribution in [0.3, 0.4) is 0 Å². The lowest BCUT2D eigenvalue weighted by molar-refractivity contribution is -0.120. The molecule has 0 bridgehead atoms. The first-order valence-corrected chi connectivity index (χ1v) is 11.1. The number of halogens is 1. The van der Waals surface area contributed by atoms with E-state index in [0.29, 0.717) is 22.6 Å². The number of carbonyl (C=O) groups excluding carboxylic acids is 2. The second-order valence-corrected chi connectivity index (χ2v) is 7.81. The van der Waals surface area contributed by atoms with E-state index in [9.17, 15) is 14.0 Å². The van der Waals surface area contributed by atoms with Gasteiger partial charge in [-0.05, 0) is 54.1 Å². The fraction of sp³-hybridized carbons (Fsp3) is 0.148. The number of carbonyl (C=O) groups is 2. The third kappa shape index (κ3) is 6.11. The Morgan fingerprint density at radius 2 is 1.69 bits per heavy atom. The molecular weight excluding hydrogens is 447 g/mol. The number of ether oxygens (including phenoxy) is 1. The number of benzene rings is 3. The lowest BCUT2D eigenvalue weighted by Crippen LogP contribution is -2.35. The van der Waals surface area contributed by atoms with Gasteiger partial charge in [0.2, 0.25) is 5.91 Å². The minimum atomic E-state index is -0.383. The summed E-state index contributed by atoms with van der Waals surface area (Å²) in [6, 6.07) is 22.7. The quantitative estimate of drug-likeness (QED) is 0.363. The van der Waals surface area contributed by atoms with Crippen LogP contribution in [-0.4, -0.2) is 41.8 Å². The summed E-state index contributed by atoms with van der Waals surface area (Å²) in [4.78, 5) is 25.2. The number of methoxy groups -OCH3 is 1. The summed E-state index contributed by atoms with van der Waals surface area (Å²) in [5.41, 5.74) is 3.12. The van der Waals surface area contributed by atoms with E-state index in [1.165, 1.54) is 12.1 Å². The normalized spacial score (nSPS) is 10.6. The van der Waals surface area contributed by atoms with Gasteiger partial charge < -0.3 is 15.4 Å². The van der Waals surface area contributed by atoms with Gasteiger partial charge in [0.15, 0.2) is 0 Å². The molecule has 8 heteroatoms. The highest BCUT2D eigenvalue weighted by Crippen LogP contribution is 2.25. The van der Waals surface area contributed by atoms with Gasteiger partial charge in [0.1, 0.15) is 17.3 Å². The van der Waals surface area contributed by atoms with E-state index < -0.39 is 0 Å². The number of para-hydroxylation sites is 1. The third-order valence-corrected chi connectivity index (χ3v) is 5.33. The van der Waals surface area contributed by atoms with Crippen molar-refractivity contribution in [3.05, 3.63) is 102 Å². The van der Waals surface area contributed by atoms with E-state index in [4.69, 9.17) is 4.74 Å². The van der Waals surface area contributed by atoms with Crippen molar-refractivity contribution in [1.29, 1.82) is 0 Å². The molecule has 1 aromatic heterocycles. The molecule has 0 saturated carbocycles. The van der Waals surface area contributed by atoms with Crippen molar-refractivity contribution in [2.24, 2.45) is 0 Å². The summed E-state index contributed by atoms with van der Waals surface area (Å²) < 4.78 is 20.2. The van der Waals surface area contributed by atoms with Crippen LogP contribution in [0.1, 0.15) is 15.9 Å². The standard InChI is InChI=1S/C27H25FN4O3/c1-35-23-12-10-20(11-13-23)26-24(18-32(31-26)22-8-3-2-4-9-22)27(34)30-15-14-29-25(33)17-19-6-5-7-21(28)16-19/h2-13,16,18H,14-15,17H2,1H3,(H,29,33)(H,30,34). The molecular formula is C27H25FN4O3. The predicted molar refractivity (Wildman–Crippen MR) is 131 cm³/mol. The van der Waals surface area contributed by atoms with E-state index in [1.807, 2.05) is 54.6 Å². The molecule has 0 fully saturated rings. The molecule has 0 aliphatic rings. The zero-order valence-corrected chi connectivity index (χ0v) is 19.2. The summed E-state index contributed by atoms with van der Waals surface area (Å²) in [5, 5.41) is 10.2. The average Bonchev–Trinajstić information content (AvgIpc) is 3.33. The van der Waals surface area contributed by atoms with E-state index >= 15 is 0 Å². The Morgan fingerprint density at radius 3 is 2.40 bits per heavy atom. The molecule has 1 heterocycles. The van der Waals surface area contributed by atoms with Crippen LogP contribution in [0.15, 0.2) is 85.1 Å². The van der Waals surface area contributed by atoms with Crippen LogP contribution < -0.4 is 15.4 Å². The molecule has 4 rings (SSSR count). The molecule has 0 unspecified atom stereocenters. The van der Waals surface area contributed by atoms with Gasteiger partial charge in [-0.2, -0.15) is 5.10 Å². The van der Waals surface area contributed by atoms with Crippen molar-refractivity contribution in [2.75, 3.05) is 20.2 Å². The number of amides is 2. The fourth-order valence-corrected chi connectivity index (χ4v) is 3.58. The first-order valence-electron chi connectivity index (χ1n) is 11.1. The van der Waals surface area contributed by atoms with Crippen molar-refractivity contribution in [3.8, 4) is 22.7 Å². The second kappa shape index (κ2) is 11.1.